The van der Waals surface area contributed by atoms with Gasteiger partial charge in [-0.15, -0.1) is 0 Å². The molecule has 7 nitrogen and oxygen atoms in total. The topological polar surface area (TPSA) is 95.6 Å². The van der Waals surface area contributed by atoms with Gasteiger partial charge in [-0.05, 0) is 43.0 Å². The summed E-state index contributed by atoms with van der Waals surface area (Å²) in [6, 6.07) is 17.4. The quantitative estimate of drug-likeness (QED) is 0.580. The van der Waals surface area contributed by atoms with E-state index in [1.165, 1.54) is 13.0 Å². The van der Waals surface area contributed by atoms with Crippen molar-refractivity contribution in [1.29, 1.82) is 0 Å². The number of piperidine rings is 1. The number of hydrogen-bond acceptors (Lipinski definition) is 4. The van der Waals surface area contributed by atoms with Crippen LogP contribution in [0.1, 0.15) is 36.2 Å². The molecule has 0 aliphatic carbocycles. The van der Waals surface area contributed by atoms with E-state index in [4.69, 9.17) is 0 Å². The highest BCUT2D eigenvalue weighted by Gasteiger charge is 2.31. The Kier molecular flexibility index (Phi) is 6.72. The summed E-state index contributed by atoms with van der Waals surface area (Å²) in [6.07, 6.45) is 0.558. The van der Waals surface area contributed by atoms with Crippen LogP contribution in [-0.2, 0) is 14.8 Å². The Labute approximate surface area is 200 Å². The average Bonchev–Trinajstić information content (AvgIpc) is 2.80. The van der Waals surface area contributed by atoms with Crippen molar-refractivity contribution in [1.82, 2.24) is 9.62 Å². The molecule has 2 amide bonds. The van der Waals surface area contributed by atoms with Gasteiger partial charge in [-0.3, -0.25) is 9.59 Å². The average molecular weight is 480 g/mol. The van der Waals surface area contributed by atoms with Gasteiger partial charge in [0.2, 0.25) is 15.9 Å². The predicted octanol–water partition coefficient (Wildman–Crippen LogP) is 3.94. The fourth-order valence-electron chi connectivity index (χ4n) is 4.50. The summed E-state index contributed by atoms with van der Waals surface area (Å²) in [5.41, 5.74) is 1.97. The number of carbonyl (C=O) groups excluding carboxylic acids is 2. The van der Waals surface area contributed by atoms with Gasteiger partial charge in [-0.2, -0.15) is 0 Å². The monoisotopic (exact) mass is 479 g/mol. The van der Waals surface area contributed by atoms with Crippen LogP contribution in [0.15, 0.2) is 65.6 Å². The zero-order valence-electron chi connectivity index (χ0n) is 19.5. The number of hydrogen-bond donors (Lipinski definition) is 2. The van der Waals surface area contributed by atoms with Gasteiger partial charge in [0.25, 0.3) is 5.91 Å². The normalized spacial score (nSPS) is 18.6. The number of rotatable bonds is 5. The molecule has 1 saturated heterocycles. The van der Waals surface area contributed by atoms with Crippen LogP contribution in [0.3, 0.4) is 0 Å². The van der Waals surface area contributed by atoms with Crippen molar-refractivity contribution in [2.45, 2.75) is 38.1 Å². The summed E-state index contributed by atoms with van der Waals surface area (Å²) >= 11 is 0. The molecule has 3 aromatic rings. The van der Waals surface area contributed by atoms with Crippen molar-refractivity contribution in [2.75, 3.05) is 18.4 Å². The van der Waals surface area contributed by atoms with E-state index in [-0.39, 0.29) is 28.7 Å². The van der Waals surface area contributed by atoms with E-state index in [2.05, 4.69) is 10.0 Å². The van der Waals surface area contributed by atoms with Crippen molar-refractivity contribution in [3.05, 3.63) is 71.8 Å². The second-order valence-electron chi connectivity index (χ2n) is 8.88. The van der Waals surface area contributed by atoms with E-state index < -0.39 is 10.0 Å². The van der Waals surface area contributed by atoms with Gasteiger partial charge in [0.15, 0.2) is 0 Å². The van der Waals surface area contributed by atoms with E-state index >= 15 is 0 Å². The first kappa shape index (κ1) is 23.9. The molecule has 0 unspecified atom stereocenters. The van der Waals surface area contributed by atoms with Gasteiger partial charge in [0.05, 0.1) is 4.90 Å². The van der Waals surface area contributed by atoms with Gasteiger partial charge in [0, 0.05) is 48.1 Å². The Morgan fingerprint density at radius 1 is 0.971 bits per heavy atom. The standard InChI is InChI=1S/C26H29N3O4S/c1-17-8-4-5-9-20(17)26(31)27-24-12-13-25(22-11-7-6-10-21(22)24)34(32,33)28-23-14-15-29(19(3)30)16-18(23)2/h4-13,18,23,28H,14-16H2,1-3H3,(H,27,31)/t18-,23+/m0/s1. The van der Waals surface area contributed by atoms with Crippen LogP contribution in [0.4, 0.5) is 5.69 Å². The molecule has 2 N–H and O–H groups in total. The maximum Gasteiger partial charge on any atom is 0.255 e. The number of nitrogens with one attached hydrogen (secondary N) is 2. The fraction of sp³-hybridized carbons (Fsp3) is 0.308. The highest BCUT2D eigenvalue weighted by Crippen LogP contribution is 2.31. The number of fused-ring (bicyclic) bond motifs is 1. The number of benzene rings is 3. The Morgan fingerprint density at radius 2 is 1.65 bits per heavy atom. The molecule has 4 rings (SSSR count). The lowest BCUT2D eigenvalue weighted by atomic mass is 9.95. The minimum absolute atomic E-state index is 0.00230. The molecule has 1 fully saturated rings. The van der Waals surface area contributed by atoms with Gasteiger partial charge in [-0.25, -0.2) is 13.1 Å². The first-order valence-electron chi connectivity index (χ1n) is 11.3. The maximum atomic E-state index is 13.4. The van der Waals surface area contributed by atoms with Crippen molar-refractivity contribution < 1.29 is 18.0 Å². The van der Waals surface area contributed by atoms with Crippen LogP contribution in [0, 0.1) is 12.8 Å². The first-order chi connectivity index (χ1) is 16.2. The van der Waals surface area contributed by atoms with E-state index in [1.807, 2.05) is 38.1 Å². The van der Waals surface area contributed by atoms with E-state index in [0.29, 0.717) is 41.5 Å². The van der Waals surface area contributed by atoms with Crippen LogP contribution >= 0.6 is 0 Å². The summed E-state index contributed by atoms with van der Waals surface area (Å²) in [5, 5.41) is 4.11. The van der Waals surface area contributed by atoms with Gasteiger partial charge < -0.3 is 10.2 Å². The fourth-order valence-corrected chi connectivity index (χ4v) is 6.09. The maximum absolute atomic E-state index is 13.4. The molecule has 0 radical (unpaired) electrons. The number of nitrogens with zero attached hydrogens (tertiary/aromatic N) is 1. The molecule has 1 aliphatic rings. The van der Waals surface area contributed by atoms with Crippen molar-refractivity contribution >= 4 is 38.3 Å². The second-order valence-corrected chi connectivity index (χ2v) is 10.6. The van der Waals surface area contributed by atoms with Crippen molar-refractivity contribution in [2.24, 2.45) is 5.92 Å². The molecule has 178 valence electrons. The number of carbonyl (C=O) groups is 2. The third kappa shape index (κ3) is 4.83. The lowest BCUT2D eigenvalue weighted by Crippen LogP contribution is -2.51. The molecule has 1 heterocycles. The summed E-state index contributed by atoms with van der Waals surface area (Å²) in [4.78, 5) is 26.5. The van der Waals surface area contributed by atoms with Gasteiger partial charge in [0.1, 0.15) is 0 Å². The number of aryl methyl sites for hydroxylation is 1. The zero-order valence-corrected chi connectivity index (χ0v) is 20.4. The van der Waals surface area contributed by atoms with Crippen molar-refractivity contribution in [3.63, 3.8) is 0 Å². The van der Waals surface area contributed by atoms with Crippen LogP contribution in [-0.4, -0.2) is 44.3 Å². The van der Waals surface area contributed by atoms with Crippen molar-refractivity contribution in [3.8, 4) is 0 Å². The Bertz CT molecular complexity index is 1350. The summed E-state index contributed by atoms with van der Waals surface area (Å²) in [6.45, 7) is 6.40. The molecular formula is C26H29N3O4S. The molecule has 0 spiro atoms. The lowest BCUT2D eigenvalue weighted by molar-refractivity contribution is -0.130. The summed E-state index contributed by atoms with van der Waals surface area (Å²) < 4.78 is 29.6. The highest BCUT2D eigenvalue weighted by atomic mass is 32.2. The molecule has 0 bridgehead atoms. The van der Waals surface area contributed by atoms with E-state index in [0.717, 1.165) is 5.56 Å². The van der Waals surface area contributed by atoms with E-state index in [9.17, 15) is 18.0 Å². The van der Waals surface area contributed by atoms with Crippen LogP contribution in [0.25, 0.3) is 10.8 Å². The first-order valence-corrected chi connectivity index (χ1v) is 12.8. The van der Waals surface area contributed by atoms with Crippen LogP contribution < -0.4 is 10.0 Å². The van der Waals surface area contributed by atoms with E-state index in [1.54, 1.807) is 35.2 Å². The minimum atomic E-state index is -3.83. The molecule has 0 saturated carbocycles. The Hall–Kier alpha value is -3.23. The molecule has 3 aromatic carbocycles. The minimum Gasteiger partial charge on any atom is -0.343 e. The number of likely N-dealkylation sites (tertiary alicyclic amines) is 1. The molecule has 34 heavy (non-hydrogen) atoms. The third-order valence-corrected chi connectivity index (χ3v) is 8.02. The van der Waals surface area contributed by atoms with Gasteiger partial charge in [-0.1, -0.05) is 49.4 Å². The number of sulfonamides is 1. The predicted molar refractivity (Wildman–Crippen MR) is 133 cm³/mol. The SMILES string of the molecule is CC(=O)N1CC[C@@H](NS(=O)(=O)c2ccc(NC(=O)c3ccccc3C)c3ccccc23)[C@@H](C)C1. The summed E-state index contributed by atoms with van der Waals surface area (Å²) in [5.74, 6) is -0.253. The molecule has 0 aromatic heterocycles. The van der Waals surface area contributed by atoms with Crippen LogP contribution in [0.2, 0.25) is 0 Å². The van der Waals surface area contributed by atoms with Crippen LogP contribution in [0.5, 0.6) is 0 Å². The zero-order chi connectivity index (χ0) is 24.5. The largest absolute Gasteiger partial charge is 0.343 e. The number of anilines is 1. The number of amides is 2. The third-order valence-electron chi connectivity index (χ3n) is 6.47. The smallest absolute Gasteiger partial charge is 0.255 e. The second kappa shape index (κ2) is 9.56. The summed E-state index contributed by atoms with van der Waals surface area (Å²) in [7, 11) is -3.83. The highest BCUT2D eigenvalue weighted by molar-refractivity contribution is 7.89. The Morgan fingerprint density at radius 3 is 2.32 bits per heavy atom. The molecule has 1 aliphatic heterocycles. The Balaban J connectivity index is 1.62. The lowest BCUT2D eigenvalue weighted by Gasteiger charge is -2.36. The molecule has 2 atom stereocenters. The molecule has 8 heteroatoms. The van der Waals surface area contributed by atoms with Gasteiger partial charge >= 0.3 is 0 Å². The molecular weight excluding hydrogens is 450 g/mol.